The highest BCUT2D eigenvalue weighted by molar-refractivity contribution is 5.78. The minimum Gasteiger partial charge on any atom is -0.348 e. The van der Waals surface area contributed by atoms with Gasteiger partial charge in [-0.15, -0.1) is 0 Å². The van der Waals surface area contributed by atoms with Gasteiger partial charge in [0.2, 0.25) is 5.91 Å². The van der Waals surface area contributed by atoms with Gasteiger partial charge in [0.1, 0.15) is 0 Å². The van der Waals surface area contributed by atoms with Crippen LogP contribution in [0.3, 0.4) is 0 Å². The number of amides is 1. The van der Waals surface area contributed by atoms with Crippen LogP contribution in [0.15, 0.2) is 24.3 Å². The van der Waals surface area contributed by atoms with E-state index in [9.17, 15) is 4.79 Å². The summed E-state index contributed by atoms with van der Waals surface area (Å²) in [5.74, 6) is 7.84. The van der Waals surface area contributed by atoms with E-state index in [2.05, 4.69) is 36.1 Å². The van der Waals surface area contributed by atoms with Crippen molar-refractivity contribution in [1.29, 1.82) is 0 Å². The SMILES string of the molecule is CCCCN(N)CC(CN1CCC2(CCC3C=CC=CC32)CC1)C(=O)N(C)C. The second-order valence-corrected chi connectivity index (χ2v) is 9.44. The van der Waals surface area contributed by atoms with Gasteiger partial charge in [0.25, 0.3) is 0 Å². The predicted octanol–water partition coefficient (Wildman–Crippen LogP) is 2.90. The summed E-state index contributed by atoms with van der Waals surface area (Å²) >= 11 is 0. The number of fused-ring (bicyclic) bond motifs is 2. The standard InChI is InChI=1S/C23H40N4O/c1-4-5-14-27(24)18-20(22(28)25(2)3)17-26-15-12-23(13-16-26)11-10-19-8-6-7-9-21(19)23/h6-9,19-21H,4-5,10-18,24H2,1-3H3. The van der Waals surface area contributed by atoms with Crippen molar-refractivity contribution < 1.29 is 4.79 Å². The summed E-state index contributed by atoms with van der Waals surface area (Å²) in [5.41, 5.74) is 0.491. The zero-order valence-corrected chi connectivity index (χ0v) is 18.1. The molecular formula is C23H40N4O. The Kier molecular flexibility index (Phi) is 7.35. The number of carbonyl (C=O) groups excluding carboxylic acids is 1. The van der Waals surface area contributed by atoms with Crippen LogP contribution in [0.2, 0.25) is 0 Å². The molecule has 158 valence electrons. The highest BCUT2D eigenvalue weighted by atomic mass is 16.2. The van der Waals surface area contributed by atoms with Gasteiger partial charge in [0.05, 0.1) is 5.92 Å². The Morgan fingerprint density at radius 2 is 1.93 bits per heavy atom. The third kappa shape index (κ3) is 4.87. The lowest BCUT2D eigenvalue weighted by molar-refractivity contribution is -0.134. The fraction of sp³-hybridized carbons (Fsp3) is 0.783. The zero-order valence-electron chi connectivity index (χ0n) is 18.1. The number of piperidine rings is 1. The van der Waals surface area contributed by atoms with Gasteiger partial charge in [-0.1, -0.05) is 37.6 Å². The molecule has 2 fully saturated rings. The lowest BCUT2D eigenvalue weighted by Gasteiger charge is -2.44. The molecule has 1 aliphatic heterocycles. The molecule has 5 nitrogen and oxygen atoms in total. The molecule has 0 aromatic carbocycles. The maximum atomic E-state index is 12.8. The Morgan fingerprint density at radius 1 is 1.21 bits per heavy atom. The maximum Gasteiger partial charge on any atom is 0.227 e. The largest absolute Gasteiger partial charge is 0.348 e. The predicted molar refractivity (Wildman–Crippen MR) is 115 cm³/mol. The summed E-state index contributed by atoms with van der Waals surface area (Å²) in [6, 6.07) is 0. The van der Waals surface area contributed by atoms with E-state index in [0.29, 0.717) is 12.0 Å². The van der Waals surface area contributed by atoms with Crippen molar-refractivity contribution in [3.05, 3.63) is 24.3 Å². The molecule has 3 aliphatic rings. The molecule has 1 heterocycles. The summed E-state index contributed by atoms with van der Waals surface area (Å²) in [7, 11) is 3.71. The molecule has 0 radical (unpaired) electrons. The molecule has 1 saturated carbocycles. The molecule has 1 amide bonds. The third-order valence-corrected chi connectivity index (χ3v) is 7.31. The van der Waals surface area contributed by atoms with Crippen molar-refractivity contribution in [2.75, 3.05) is 46.8 Å². The number of unbranched alkanes of at least 4 members (excludes halogenated alkanes) is 1. The first-order valence-electron chi connectivity index (χ1n) is 11.2. The third-order valence-electron chi connectivity index (χ3n) is 7.31. The van der Waals surface area contributed by atoms with Crippen LogP contribution >= 0.6 is 0 Å². The van der Waals surface area contributed by atoms with Crippen molar-refractivity contribution in [3.8, 4) is 0 Å². The van der Waals surface area contributed by atoms with Crippen LogP contribution in [-0.2, 0) is 4.79 Å². The molecule has 1 saturated heterocycles. The first-order chi connectivity index (χ1) is 13.4. The van der Waals surface area contributed by atoms with E-state index < -0.39 is 0 Å². The number of nitrogens with two attached hydrogens (primary N) is 1. The number of hydrogen-bond acceptors (Lipinski definition) is 4. The molecule has 3 rings (SSSR count). The molecule has 0 bridgehead atoms. The molecule has 5 heteroatoms. The number of nitrogens with zero attached hydrogens (tertiary/aromatic N) is 3. The van der Waals surface area contributed by atoms with Crippen LogP contribution in [0.5, 0.6) is 0 Å². The molecule has 28 heavy (non-hydrogen) atoms. The van der Waals surface area contributed by atoms with Gasteiger partial charge in [-0.25, -0.2) is 5.01 Å². The van der Waals surface area contributed by atoms with E-state index in [1.165, 1.54) is 25.7 Å². The second-order valence-electron chi connectivity index (χ2n) is 9.44. The summed E-state index contributed by atoms with van der Waals surface area (Å²) in [6.45, 7) is 6.73. The molecule has 1 spiro atoms. The summed E-state index contributed by atoms with van der Waals surface area (Å²) in [6.07, 6.45) is 16.8. The van der Waals surface area contributed by atoms with Gasteiger partial charge in [-0.3, -0.25) is 10.6 Å². The molecule has 0 aromatic heterocycles. The van der Waals surface area contributed by atoms with E-state index in [0.717, 1.165) is 50.9 Å². The first-order valence-corrected chi connectivity index (χ1v) is 11.2. The molecule has 3 atom stereocenters. The van der Waals surface area contributed by atoms with E-state index in [1.54, 1.807) is 4.90 Å². The van der Waals surface area contributed by atoms with Crippen LogP contribution in [0, 0.1) is 23.2 Å². The lowest BCUT2D eigenvalue weighted by Crippen LogP contribution is -2.49. The quantitative estimate of drug-likeness (QED) is 0.513. The Labute approximate surface area is 171 Å². The normalized spacial score (nSPS) is 27.3. The minimum atomic E-state index is -0.0419. The topological polar surface area (TPSA) is 52.8 Å². The average molecular weight is 389 g/mol. The summed E-state index contributed by atoms with van der Waals surface area (Å²) in [5, 5.41) is 1.85. The van der Waals surface area contributed by atoms with Gasteiger partial charge in [0, 0.05) is 33.7 Å². The zero-order chi connectivity index (χ0) is 20.1. The Balaban J connectivity index is 1.56. The van der Waals surface area contributed by atoms with Crippen LogP contribution in [0.25, 0.3) is 0 Å². The molecule has 2 aliphatic carbocycles. The number of hydrazine groups is 1. The van der Waals surface area contributed by atoms with Crippen molar-refractivity contribution in [3.63, 3.8) is 0 Å². The van der Waals surface area contributed by atoms with Gasteiger partial charge in [0.15, 0.2) is 0 Å². The Bertz CT molecular complexity index is 577. The number of carbonyl (C=O) groups is 1. The van der Waals surface area contributed by atoms with Crippen molar-refractivity contribution in [2.24, 2.45) is 29.0 Å². The van der Waals surface area contributed by atoms with Gasteiger partial charge < -0.3 is 9.80 Å². The van der Waals surface area contributed by atoms with Crippen LogP contribution in [0.4, 0.5) is 0 Å². The van der Waals surface area contributed by atoms with E-state index >= 15 is 0 Å². The van der Waals surface area contributed by atoms with Crippen molar-refractivity contribution in [2.45, 2.75) is 45.4 Å². The number of hydrogen-bond donors (Lipinski definition) is 1. The van der Waals surface area contributed by atoms with E-state index in [-0.39, 0.29) is 11.8 Å². The van der Waals surface area contributed by atoms with Crippen molar-refractivity contribution in [1.82, 2.24) is 14.8 Å². The fourth-order valence-corrected chi connectivity index (χ4v) is 5.60. The van der Waals surface area contributed by atoms with Crippen molar-refractivity contribution >= 4 is 5.91 Å². The number of allylic oxidation sites excluding steroid dienone is 4. The van der Waals surface area contributed by atoms with E-state index in [4.69, 9.17) is 5.84 Å². The first kappa shape index (κ1) is 21.5. The van der Waals surface area contributed by atoms with Crippen LogP contribution in [0.1, 0.15) is 45.4 Å². The molecule has 0 aromatic rings. The molecule has 3 unspecified atom stereocenters. The van der Waals surface area contributed by atoms with Gasteiger partial charge in [-0.2, -0.15) is 0 Å². The maximum absolute atomic E-state index is 12.8. The highest BCUT2D eigenvalue weighted by Crippen LogP contribution is 2.55. The fourth-order valence-electron chi connectivity index (χ4n) is 5.60. The van der Waals surface area contributed by atoms with Gasteiger partial charge in [-0.05, 0) is 62.4 Å². The Hall–Kier alpha value is -1.17. The second kappa shape index (κ2) is 9.55. The number of likely N-dealkylation sites (tertiary alicyclic amines) is 1. The average Bonchev–Trinajstić information content (AvgIpc) is 3.05. The molecule has 2 N–H and O–H groups in total. The molecular weight excluding hydrogens is 348 g/mol. The Morgan fingerprint density at radius 3 is 2.61 bits per heavy atom. The minimum absolute atomic E-state index is 0.0419. The monoisotopic (exact) mass is 388 g/mol. The lowest BCUT2D eigenvalue weighted by atomic mass is 9.68. The number of rotatable bonds is 8. The summed E-state index contributed by atoms with van der Waals surface area (Å²) < 4.78 is 0. The smallest absolute Gasteiger partial charge is 0.227 e. The summed E-state index contributed by atoms with van der Waals surface area (Å²) in [4.78, 5) is 17.0. The van der Waals surface area contributed by atoms with Crippen LogP contribution < -0.4 is 5.84 Å². The highest BCUT2D eigenvalue weighted by Gasteiger charge is 2.48. The van der Waals surface area contributed by atoms with E-state index in [1.807, 2.05) is 19.1 Å². The van der Waals surface area contributed by atoms with Gasteiger partial charge >= 0.3 is 0 Å². The van der Waals surface area contributed by atoms with Crippen LogP contribution in [-0.4, -0.2) is 67.5 Å².